The van der Waals surface area contributed by atoms with Crippen LogP contribution in [0.5, 0.6) is 5.75 Å². The number of carbonyl (C=O) groups is 1. The molecule has 0 saturated carbocycles. The monoisotopic (exact) mass is 407 g/mol. The molecule has 0 fully saturated rings. The molecule has 0 radical (unpaired) electrons. The largest absolute Gasteiger partial charge is 0.487 e. The van der Waals surface area contributed by atoms with Crippen molar-refractivity contribution in [2.24, 2.45) is 0 Å². The fourth-order valence-corrected chi connectivity index (χ4v) is 3.31. The number of carbonyl (C=O) groups excluding carboxylic acids is 1. The first-order chi connectivity index (χ1) is 13.3. The maximum atomic E-state index is 12.6. The van der Waals surface area contributed by atoms with Gasteiger partial charge in [-0.15, -0.1) is 8.78 Å². The van der Waals surface area contributed by atoms with Crippen LogP contribution in [0.1, 0.15) is 29.1 Å². The zero-order chi connectivity index (χ0) is 19.9. The lowest BCUT2D eigenvalue weighted by Gasteiger charge is -2.22. The van der Waals surface area contributed by atoms with E-state index in [0.717, 1.165) is 11.3 Å². The molecule has 1 unspecified atom stereocenters. The molecule has 146 valence electrons. The van der Waals surface area contributed by atoms with Gasteiger partial charge in [0.15, 0.2) is 0 Å². The summed E-state index contributed by atoms with van der Waals surface area (Å²) >= 11 is 4.73. The van der Waals surface area contributed by atoms with Crippen molar-refractivity contribution in [1.29, 1.82) is 0 Å². The molecule has 6 nitrogen and oxygen atoms in total. The van der Waals surface area contributed by atoms with Crippen molar-refractivity contribution in [3.05, 3.63) is 53.9 Å². The van der Waals surface area contributed by atoms with Crippen LogP contribution in [0.25, 0.3) is 11.0 Å². The van der Waals surface area contributed by atoms with E-state index in [0.29, 0.717) is 30.0 Å². The van der Waals surface area contributed by atoms with E-state index in [2.05, 4.69) is 26.5 Å². The van der Waals surface area contributed by atoms with Gasteiger partial charge in [0.25, 0.3) is 5.91 Å². The first-order valence-corrected chi connectivity index (χ1v) is 8.94. The molecule has 3 aromatic rings. The Bertz CT molecular complexity index is 1030. The highest BCUT2D eigenvalue weighted by molar-refractivity contribution is 6.20. The number of hydrogen-bond acceptors (Lipinski definition) is 4. The zero-order valence-corrected chi connectivity index (χ0v) is 15.5. The molecule has 1 N–H and O–H groups in total. The first-order valence-electron chi connectivity index (χ1n) is 8.56. The van der Waals surface area contributed by atoms with Gasteiger partial charge in [-0.1, -0.05) is 0 Å². The van der Waals surface area contributed by atoms with Crippen molar-refractivity contribution in [2.75, 3.05) is 11.9 Å². The summed E-state index contributed by atoms with van der Waals surface area (Å²) in [5.74, 6) is 0.380. The van der Waals surface area contributed by atoms with E-state index >= 15 is 0 Å². The minimum Gasteiger partial charge on any atom is -0.420 e. The van der Waals surface area contributed by atoms with E-state index in [9.17, 15) is 13.6 Å². The van der Waals surface area contributed by atoms with Crippen molar-refractivity contribution < 1.29 is 23.0 Å². The minimum absolute atomic E-state index is 0.112. The van der Waals surface area contributed by atoms with Crippen LogP contribution in [0.2, 0.25) is 0 Å². The topological polar surface area (TPSA) is 65.4 Å². The number of amides is 1. The average molecular weight is 408 g/mol. The van der Waals surface area contributed by atoms with Crippen LogP contribution in [-0.2, 0) is 11.3 Å². The van der Waals surface area contributed by atoms with Gasteiger partial charge in [0.05, 0.1) is 23.7 Å². The Morgan fingerprint density at radius 3 is 2.79 bits per heavy atom. The van der Waals surface area contributed by atoms with Crippen LogP contribution in [0.15, 0.2) is 42.5 Å². The standard InChI is InChI=1S/C19H16ClF2N3O3/c1-11-9-27-10-17-24-15-8-12(2-7-16(15)25(11)17)18(26)23-13-3-5-14(6-4-13)28-19(20,21)22/h2-8,11H,9-10H2,1H3,(H,23,26). The number of alkyl halides is 3. The number of fused-ring (bicyclic) bond motifs is 3. The highest BCUT2D eigenvalue weighted by Gasteiger charge is 2.27. The molecular weight excluding hydrogens is 392 g/mol. The Balaban J connectivity index is 1.53. The summed E-state index contributed by atoms with van der Waals surface area (Å²) in [5, 5.41) is 2.71. The van der Waals surface area contributed by atoms with Gasteiger partial charge in [-0.3, -0.25) is 4.79 Å². The normalized spacial score (nSPS) is 16.6. The number of anilines is 1. The van der Waals surface area contributed by atoms with Gasteiger partial charge in [-0.25, -0.2) is 4.98 Å². The third kappa shape index (κ3) is 3.79. The molecule has 0 saturated heterocycles. The Morgan fingerprint density at radius 1 is 1.32 bits per heavy atom. The number of aromatic nitrogens is 2. The predicted octanol–water partition coefficient (Wildman–Crippen LogP) is 4.55. The second-order valence-corrected chi connectivity index (χ2v) is 6.93. The second kappa shape index (κ2) is 7.03. The number of nitrogens with one attached hydrogen (secondary N) is 1. The summed E-state index contributed by atoms with van der Waals surface area (Å²) < 4.78 is 37.1. The fourth-order valence-electron chi connectivity index (χ4n) is 3.22. The number of hydrogen-bond donors (Lipinski definition) is 1. The Morgan fingerprint density at radius 2 is 2.07 bits per heavy atom. The Labute approximate surface area is 164 Å². The van der Waals surface area contributed by atoms with Gasteiger partial charge < -0.3 is 19.4 Å². The summed E-state index contributed by atoms with van der Waals surface area (Å²) in [7, 11) is 0. The minimum atomic E-state index is -3.79. The lowest BCUT2D eigenvalue weighted by Crippen LogP contribution is -2.21. The summed E-state index contributed by atoms with van der Waals surface area (Å²) in [6.45, 7) is 3.12. The molecule has 2 aromatic carbocycles. The lowest BCUT2D eigenvalue weighted by atomic mass is 10.1. The first kappa shape index (κ1) is 18.6. The molecule has 2 heterocycles. The number of benzene rings is 2. The number of rotatable bonds is 4. The highest BCUT2D eigenvalue weighted by atomic mass is 35.5. The van der Waals surface area contributed by atoms with Crippen LogP contribution in [0, 0.1) is 0 Å². The molecule has 9 heteroatoms. The third-order valence-corrected chi connectivity index (χ3v) is 4.48. The van der Waals surface area contributed by atoms with Crippen LogP contribution in [0.4, 0.5) is 14.5 Å². The molecule has 0 bridgehead atoms. The van der Waals surface area contributed by atoms with Crippen LogP contribution < -0.4 is 10.1 Å². The molecular formula is C19H16ClF2N3O3. The second-order valence-electron chi connectivity index (χ2n) is 6.49. The van der Waals surface area contributed by atoms with Gasteiger partial charge in [-0.05, 0) is 49.4 Å². The van der Waals surface area contributed by atoms with Crippen molar-refractivity contribution >= 4 is 34.2 Å². The number of imidazole rings is 1. The van der Waals surface area contributed by atoms with Gasteiger partial charge >= 0.3 is 5.57 Å². The van der Waals surface area contributed by atoms with Gasteiger partial charge in [0, 0.05) is 22.9 Å². The molecule has 1 aliphatic rings. The smallest absolute Gasteiger partial charge is 0.420 e. The van der Waals surface area contributed by atoms with Gasteiger partial charge in [0.1, 0.15) is 18.2 Å². The van der Waals surface area contributed by atoms with E-state index in [4.69, 9.17) is 16.3 Å². The fraction of sp³-hybridized carbons (Fsp3) is 0.263. The average Bonchev–Trinajstić information content (AvgIpc) is 3.01. The van der Waals surface area contributed by atoms with Crippen molar-refractivity contribution in [3.8, 4) is 5.75 Å². The third-order valence-electron chi connectivity index (χ3n) is 4.40. The van der Waals surface area contributed by atoms with Crippen LogP contribution in [-0.4, -0.2) is 27.6 Å². The van der Waals surface area contributed by atoms with E-state index in [1.54, 1.807) is 12.1 Å². The zero-order valence-electron chi connectivity index (χ0n) is 14.8. The lowest BCUT2D eigenvalue weighted by molar-refractivity contribution is -0.0964. The maximum absolute atomic E-state index is 12.6. The number of nitrogens with zero attached hydrogens (tertiary/aromatic N) is 2. The molecule has 1 atom stereocenters. The summed E-state index contributed by atoms with van der Waals surface area (Å²) in [4.78, 5) is 17.1. The molecule has 0 spiro atoms. The van der Waals surface area contributed by atoms with E-state index in [-0.39, 0.29) is 17.7 Å². The van der Waals surface area contributed by atoms with E-state index in [1.165, 1.54) is 24.3 Å². The molecule has 28 heavy (non-hydrogen) atoms. The molecule has 4 rings (SSSR count). The Hall–Kier alpha value is -2.71. The molecule has 1 aliphatic heterocycles. The summed E-state index contributed by atoms with van der Waals surface area (Å²) in [5.41, 5.74) is -1.25. The van der Waals surface area contributed by atoms with Crippen LogP contribution in [0.3, 0.4) is 0 Å². The summed E-state index contributed by atoms with van der Waals surface area (Å²) in [6.07, 6.45) is 0. The number of halogens is 3. The highest BCUT2D eigenvalue weighted by Crippen LogP contribution is 2.28. The quantitative estimate of drug-likeness (QED) is 0.644. The number of ether oxygens (including phenoxy) is 2. The molecule has 1 amide bonds. The molecule has 1 aromatic heterocycles. The van der Waals surface area contributed by atoms with E-state index < -0.39 is 5.57 Å². The van der Waals surface area contributed by atoms with Crippen LogP contribution >= 0.6 is 11.6 Å². The van der Waals surface area contributed by atoms with Gasteiger partial charge in [-0.2, -0.15) is 0 Å². The molecule has 0 aliphatic carbocycles. The SMILES string of the molecule is CC1COCc2nc3cc(C(=O)Nc4ccc(OC(F)(F)Cl)cc4)ccc3n21. The maximum Gasteiger partial charge on any atom is 0.487 e. The Kier molecular flexibility index (Phi) is 4.68. The van der Waals surface area contributed by atoms with Crippen molar-refractivity contribution in [3.63, 3.8) is 0 Å². The van der Waals surface area contributed by atoms with E-state index in [1.807, 2.05) is 6.07 Å². The van der Waals surface area contributed by atoms with Crippen molar-refractivity contribution in [2.45, 2.75) is 25.1 Å². The predicted molar refractivity (Wildman–Crippen MR) is 99.9 cm³/mol. The van der Waals surface area contributed by atoms with Gasteiger partial charge in [0.2, 0.25) is 0 Å². The van der Waals surface area contributed by atoms with Crippen molar-refractivity contribution in [1.82, 2.24) is 9.55 Å². The summed E-state index contributed by atoms with van der Waals surface area (Å²) in [6, 6.07) is 11.0.